The Hall–Kier alpha value is -14.0. The lowest BCUT2D eigenvalue weighted by atomic mass is 9.31. The molecule has 0 aromatic heterocycles. The summed E-state index contributed by atoms with van der Waals surface area (Å²) in [4.78, 5) is 15.2. The molecule has 8 heteroatoms. The molecule has 0 atom stereocenters. The van der Waals surface area contributed by atoms with Crippen molar-refractivity contribution in [2.75, 3.05) is 24.5 Å². The molecule has 0 aliphatic carbocycles. The lowest BCUT2D eigenvalue weighted by Gasteiger charge is -2.46. The Kier molecular flexibility index (Phi) is 17.5. The van der Waals surface area contributed by atoms with Gasteiger partial charge in [-0.1, -0.05) is 350 Å². The third-order valence-corrected chi connectivity index (χ3v) is 26.3. The molecule has 0 spiro atoms. The molecule has 0 unspecified atom stereocenters. The predicted molar refractivity (Wildman–Crippen MR) is 514 cm³/mol. The van der Waals surface area contributed by atoms with Crippen LogP contribution in [0.1, 0.15) is 52.7 Å². The minimum absolute atomic E-state index is 0.0264. The van der Waals surface area contributed by atoms with E-state index in [9.17, 15) is 0 Å². The summed E-state index contributed by atoms with van der Waals surface area (Å²) in [5.74, 6) is 0. The number of nitrogens with zero attached hydrogens (tertiary/aromatic N) is 5. The Morgan fingerprint density at radius 3 is 1.07 bits per heavy atom. The standard InChI is InChI=1S/C112H85B2N5S/c1-111(2,3)78-62-56-74(57-63-78)87-44-26-30-52-97(87)119(98-53-31-27-45-88(98)75-58-64-79(65-59-75)112(4,5)6)86-70-104-110-106(71-86)120-105-73-101-95(72-96(105)114(110)94-51-29-33-55-100(94)117(104)84-66-60-77(61-67-84)108-91-48-24-22-46-89(91)107(76-34-12-7-13-35-76)90-47-23-25-49-92(90)108)113-93-50-28-32-54-99(93)116(82-40-18-10-19-41-82)102-68-85(69-103(109(102)113)118(101)83-42-20-11-21-43-83)115(80-36-14-8-15-37-80)81-38-16-9-17-39-81/h7-73H,1-6H3. The van der Waals surface area contributed by atoms with Crippen LogP contribution in [0.15, 0.2) is 416 Å². The molecule has 0 bridgehead atoms. The third kappa shape index (κ3) is 12.1. The Morgan fingerprint density at radius 1 is 0.242 bits per heavy atom. The summed E-state index contributed by atoms with van der Waals surface area (Å²) >= 11 is 1.92. The SMILES string of the molecule is CC(C)(C)c1ccc(-c2ccccc2N(c2cc3c4c(c2)N(c2ccc(-c5c6ccccc6c(-c6ccccc6)c6ccccc56)cc2)c2ccccc2B4c2cc4c(cc2S3)N(c2ccccc2)c2cc(N(c3ccccc3)c3ccccc3)cc3c2B4c2ccccc2N3c2ccccc2)c2ccccc2-c2ccc(C(C)(C)C)cc2)cc1. The van der Waals surface area contributed by atoms with Gasteiger partial charge in [-0.15, -0.1) is 0 Å². The molecular weight excluding hydrogens is 1470 g/mol. The first kappa shape index (κ1) is 72.4. The van der Waals surface area contributed by atoms with Crippen molar-refractivity contribution in [2.24, 2.45) is 0 Å². The number of rotatable bonds is 13. The Morgan fingerprint density at radius 2 is 0.600 bits per heavy atom. The fourth-order valence-corrected chi connectivity index (χ4v) is 20.8. The Labute approximate surface area is 708 Å². The molecule has 120 heavy (non-hydrogen) atoms. The van der Waals surface area contributed by atoms with Crippen molar-refractivity contribution in [3.8, 4) is 44.5 Å². The maximum Gasteiger partial charge on any atom is 0.252 e. The zero-order valence-electron chi connectivity index (χ0n) is 68.0. The average Bonchev–Trinajstić information content (AvgIpc) is 0.686. The molecule has 4 aliphatic rings. The minimum atomic E-state index is -0.188. The highest BCUT2D eigenvalue weighted by Crippen LogP contribution is 2.54. The van der Waals surface area contributed by atoms with Gasteiger partial charge in [0.25, 0.3) is 6.71 Å². The summed E-state index contributed by atoms with van der Waals surface area (Å²) < 4.78 is 0. The highest BCUT2D eigenvalue weighted by atomic mass is 32.2. The van der Waals surface area contributed by atoms with Crippen LogP contribution < -0.4 is 57.3 Å². The summed E-state index contributed by atoms with van der Waals surface area (Å²) in [5, 5.41) is 4.92. The molecule has 4 aliphatic heterocycles. The van der Waals surface area contributed by atoms with Gasteiger partial charge < -0.3 is 24.5 Å². The minimum Gasteiger partial charge on any atom is -0.311 e. The first-order chi connectivity index (χ1) is 58.8. The van der Waals surface area contributed by atoms with Crippen molar-refractivity contribution in [2.45, 2.75) is 62.2 Å². The van der Waals surface area contributed by atoms with Crippen molar-refractivity contribution in [1.29, 1.82) is 0 Å². The molecule has 22 rings (SSSR count). The first-order valence-electron chi connectivity index (χ1n) is 41.9. The second-order valence-corrected chi connectivity index (χ2v) is 35.4. The zero-order valence-corrected chi connectivity index (χ0v) is 68.8. The average molecular weight is 1550 g/mol. The van der Waals surface area contributed by atoms with Crippen LogP contribution in [0.5, 0.6) is 0 Å². The lowest BCUT2D eigenvalue weighted by molar-refractivity contribution is 0.590. The van der Waals surface area contributed by atoms with E-state index in [-0.39, 0.29) is 24.3 Å². The van der Waals surface area contributed by atoms with Crippen LogP contribution >= 0.6 is 11.8 Å². The fourth-order valence-electron chi connectivity index (χ4n) is 19.6. The largest absolute Gasteiger partial charge is 0.311 e. The third-order valence-electron chi connectivity index (χ3n) is 25.1. The van der Waals surface area contributed by atoms with Crippen LogP contribution in [0.4, 0.5) is 85.3 Å². The first-order valence-corrected chi connectivity index (χ1v) is 42.8. The van der Waals surface area contributed by atoms with E-state index in [0.717, 1.165) is 113 Å². The van der Waals surface area contributed by atoms with Gasteiger partial charge in [0.15, 0.2) is 0 Å². The van der Waals surface area contributed by atoms with Crippen LogP contribution in [-0.4, -0.2) is 13.4 Å². The predicted octanol–water partition coefficient (Wildman–Crippen LogP) is 27.0. The van der Waals surface area contributed by atoms with Crippen molar-refractivity contribution in [3.05, 3.63) is 418 Å². The summed E-state index contributed by atoms with van der Waals surface area (Å²) in [6.45, 7) is 13.4. The Bertz CT molecular complexity index is 6830. The molecule has 0 saturated carbocycles. The van der Waals surface area contributed by atoms with E-state index in [4.69, 9.17) is 0 Å². The van der Waals surface area contributed by atoms with E-state index in [1.54, 1.807) is 0 Å². The summed E-state index contributed by atoms with van der Waals surface area (Å²) in [6, 6.07) is 153. The van der Waals surface area contributed by atoms with Crippen LogP contribution in [0.3, 0.4) is 0 Å². The monoisotopic (exact) mass is 1550 g/mol. The van der Waals surface area contributed by atoms with E-state index in [2.05, 4.69) is 472 Å². The van der Waals surface area contributed by atoms with Gasteiger partial charge in [-0.25, -0.2) is 0 Å². The van der Waals surface area contributed by atoms with Gasteiger partial charge in [0.1, 0.15) is 0 Å². The molecule has 0 amide bonds. The Balaban J connectivity index is 0.802. The lowest BCUT2D eigenvalue weighted by Crippen LogP contribution is -2.64. The van der Waals surface area contributed by atoms with Crippen LogP contribution in [0.2, 0.25) is 0 Å². The molecule has 0 saturated heterocycles. The van der Waals surface area contributed by atoms with Crippen molar-refractivity contribution in [1.82, 2.24) is 0 Å². The summed E-state index contributed by atoms with van der Waals surface area (Å²) in [7, 11) is 0. The maximum absolute atomic E-state index is 2.66. The molecule has 18 aromatic rings. The molecule has 0 radical (unpaired) electrons. The van der Waals surface area contributed by atoms with Crippen molar-refractivity contribution >= 4 is 165 Å². The van der Waals surface area contributed by atoms with Gasteiger partial charge in [-0.05, 0) is 219 Å². The second-order valence-electron chi connectivity index (χ2n) is 34.3. The van der Waals surface area contributed by atoms with Crippen LogP contribution in [-0.2, 0) is 10.8 Å². The molecule has 0 fully saturated rings. The number of hydrogen-bond acceptors (Lipinski definition) is 6. The topological polar surface area (TPSA) is 16.2 Å². The van der Waals surface area contributed by atoms with E-state index in [1.807, 2.05) is 11.8 Å². The van der Waals surface area contributed by atoms with Crippen LogP contribution in [0.25, 0.3) is 66.1 Å². The smallest absolute Gasteiger partial charge is 0.252 e. The highest BCUT2D eigenvalue weighted by molar-refractivity contribution is 8.00. The number of para-hydroxylation sites is 8. The van der Waals surface area contributed by atoms with E-state index >= 15 is 0 Å². The zero-order chi connectivity index (χ0) is 80.5. The van der Waals surface area contributed by atoms with E-state index < -0.39 is 0 Å². The molecule has 5 nitrogen and oxygen atoms in total. The number of hydrogen-bond donors (Lipinski definition) is 0. The number of benzene rings is 18. The van der Waals surface area contributed by atoms with Crippen molar-refractivity contribution < 1.29 is 0 Å². The van der Waals surface area contributed by atoms with E-state index in [1.165, 1.54) is 91.9 Å². The van der Waals surface area contributed by atoms with E-state index in [0.29, 0.717) is 0 Å². The molecule has 4 heterocycles. The van der Waals surface area contributed by atoms with Crippen LogP contribution in [0, 0.1) is 0 Å². The second kappa shape index (κ2) is 28.9. The molecule has 18 aromatic carbocycles. The number of anilines is 15. The molecule has 570 valence electrons. The quantitative estimate of drug-likeness (QED) is 0.0839. The van der Waals surface area contributed by atoms with Gasteiger partial charge in [0, 0.05) is 89.2 Å². The normalized spacial score (nSPS) is 13.0. The highest BCUT2D eigenvalue weighted by Gasteiger charge is 2.48. The maximum atomic E-state index is 2.66. The van der Waals surface area contributed by atoms with Gasteiger partial charge in [-0.2, -0.15) is 0 Å². The van der Waals surface area contributed by atoms with Gasteiger partial charge in [0.2, 0.25) is 6.71 Å². The summed E-state index contributed by atoms with van der Waals surface area (Å²) in [6.07, 6.45) is 0. The molecule has 0 N–H and O–H groups in total. The fraction of sp³-hybridized carbons (Fsp3) is 0.0714. The number of fused-ring (bicyclic) bond motifs is 10. The summed E-state index contributed by atoms with van der Waals surface area (Å²) in [5.41, 5.74) is 36.1. The van der Waals surface area contributed by atoms with Crippen molar-refractivity contribution in [3.63, 3.8) is 0 Å². The van der Waals surface area contributed by atoms with Gasteiger partial charge >= 0.3 is 0 Å². The molecular formula is C112H85B2N5S. The van der Waals surface area contributed by atoms with Gasteiger partial charge in [0.05, 0.1) is 17.1 Å². The van der Waals surface area contributed by atoms with Gasteiger partial charge in [-0.3, -0.25) is 0 Å².